The van der Waals surface area contributed by atoms with E-state index in [1.807, 2.05) is 25.1 Å². The van der Waals surface area contributed by atoms with E-state index in [0.29, 0.717) is 5.56 Å². The Morgan fingerprint density at radius 1 is 1.40 bits per heavy atom. The molecule has 0 atom stereocenters. The Balaban J connectivity index is 2.77. The quantitative estimate of drug-likeness (QED) is 0.700. The maximum Gasteiger partial charge on any atom is 0.151 e. The molecule has 1 heterocycles. The fourth-order valence-electron chi connectivity index (χ4n) is 1.57. The van der Waals surface area contributed by atoms with Crippen molar-refractivity contribution >= 4 is 17.2 Å². The summed E-state index contributed by atoms with van der Waals surface area (Å²) in [6.45, 7) is 1.91. The second kappa shape index (κ2) is 3.69. The predicted molar refractivity (Wildman–Crippen MR) is 58.4 cm³/mol. The summed E-state index contributed by atoms with van der Waals surface area (Å²) in [4.78, 5) is 15.0. The van der Waals surface area contributed by atoms with E-state index in [2.05, 4.69) is 4.98 Å². The van der Waals surface area contributed by atoms with Gasteiger partial charge in [-0.05, 0) is 30.7 Å². The number of hydrogen-bond acceptors (Lipinski definition) is 3. The van der Waals surface area contributed by atoms with Crippen LogP contribution in [0.25, 0.3) is 10.9 Å². The van der Waals surface area contributed by atoms with Crippen LogP contribution in [0.4, 0.5) is 0 Å². The van der Waals surface area contributed by atoms with Crippen molar-refractivity contribution in [2.24, 2.45) is 0 Å². The molecule has 0 saturated heterocycles. The van der Waals surface area contributed by atoms with Gasteiger partial charge in [0, 0.05) is 17.1 Å². The monoisotopic (exact) mass is 201 g/mol. The van der Waals surface area contributed by atoms with E-state index in [4.69, 9.17) is 4.74 Å². The lowest BCUT2D eigenvalue weighted by Gasteiger charge is -2.06. The van der Waals surface area contributed by atoms with Crippen molar-refractivity contribution in [3.63, 3.8) is 0 Å². The van der Waals surface area contributed by atoms with Gasteiger partial charge in [0.25, 0.3) is 0 Å². The third-order valence-electron chi connectivity index (χ3n) is 2.51. The minimum atomic E-state index is 0.621. The second-order valence-corrected chi connectivity index (χ2v) is 3.34. The SMILES string of the molecule is COc1ccc2ncc(C=O)c(C)c2c1. The van der Waals surface area contributed by atoms with E-state index in [1.165, 1.54) is 0 Å². The molecule has 2 rings (SSSR count). The summed E-state index contributed by atoms with van der Waals surface area (Å²) < 4.78 is 5.13. The number of hydrogen-bond donors (Lipinski definition) is 0. The average Bonchev–Trinajstić information content (AvgIpc) is 2.29. The lowest BCUT2D eigenvalue weighted by Crippen LogP contribution is -1.92. The van der Waals surface area contributed by atoms with Crippen LogP contribution in [0.3, 0.4) is 0 Å². The smallest absolute Gasteiger partial charge is 0.151 e. The minimum absolute atomic E-state index is 0.621. The van der Waals surface area contributed by atoms with Gasteiger partial charge in [0.15, 0.2) is 6.29 Å². The zero-order valence-electron chi connectivity index (χ0n) is 8.65. The number of fused-ring (bicyclic) bond motifs is 1. The Hall–Kier alpha value is -1.90. The first-order valence-corrected chi connectivity index (χ1v) is 4.65. The highest BCUT2D eigenvalue weighted by Gasteiger charge is 2.04. The molecule has 0 spiro atoms. The number of carbonyl (C=O) groups excluding carboxylic acids is 1. The number of aldehydes is 1. The molecule has 0 amide bonds. The van der Waals surface area contributed by atoms with Crippen LogP contribution in [-0.4, -0.2) is 18.4 Å². The number of pyridine rings is 1. The minimum Gasteiger partial charge on any atom is -0.497 e. The summed E-state index contributed by atoms with van der Waals surface area (Å²) in [6.07, 6.45) is 2.42. The third kappa shape index (κ3) is 1.56. The lowest BCUT2D eigenvalue weighted by atomic mass is 10.1. The molecule has 3 heteroatoms. The van der Waals surface area contributed by atoms with E-state index in [9.17, 15) is 4.79 Å². The van der Waals surface area contributed by atoms with E-state index >= 15 is 0 Å². The summed E-state index contributed by atoms with van der Waals surface area (Å²) in [5, 5.41) is 0.957. The van der Waals surface area contributed by atoms with E-state index in [1.54, 1.807) is 13.3 Å². The molecular formula is C12H11NO2. The number of ether oxygens (including phenoxy) is 1. The first-order valence-electron chi connectivity index (χ1n) is 4.65. The summed E-state index contributed by atoms with van der Waals surface area (Å²) in [5.74, 6) is 0.774. The fourth-order valence-corrected chi connectivity index (χ4v) is 1.57. The third-order valence-corrected chi connectivity index (χ3v) is 2.51. The lowest BCUT2D eigenvalue weighted by molar-refractivity contribution is 0.112. The molecule has 0 N–H and O–H groups in total. The zero-order chi connectivity index (χ0) is 10.8. The van der Waals surface area contributed by atoms with Crippen LogP contribution in [0.5, 0.6) is 5.75 Å². The summed E-state index contributed by atoms with van der Waals surface area (Å²) in [5.41, 5.74) is 2.43. The molecule has 0 radical (unpaired) electrons. The summed E-state index contributed by atoms with van der Waals surface area (Å²) in [6, 6.07) is 5.63. The van der Waals surface area contributed by atoms with Crippen LogP contribution in [-0.2, 0) is 0 Å². The van der Waals surface area contributed by atoms with Gasteiger partial charge >= 0.3 is 0 Å². The van der Waals surface area contributed by atoms with Crippen LogP contribution in [0.1, 0.15) is 15.9 Å². The molecule has 0 aliphatic heterocycles. The molecule has 0 aliphatic rings. The summed E-state index contributed by atoms with van der Waals surface area (Å²) in [7, 11) is 1.62. The Morgan fingerprint density at radius 2 is 2.20 bits per heavy atom. The number of aromatic nitrogens is 1. The van der Waals surface area contributed by atoms with Gasteiger partial charge in [-0.25, -0.2) is 0 Å². The highest BCUT2D eigenvalue weighted by Crippen LogP contribution is 2.23. The molecule has 0 fully saturated rings. The topological polar surface area (TPSA) is 39.2 Å². The number of methoxy groups -OCH3 is 1. The van der Waals surface area contributed by atoms with Crippen molar-refractivity contribution in [3.8, 4) is 5.75 Å². The van der Waals surface area contributed by atoms with Gasteiger partial charge < -0.3 is 4.74 Å². The van der Waals surface area contributed by atoms with Crippen LogP contribution in [0.2, 0.25) is 0 Å². The van der Waals surface area contributed by atoms with Crippen LogP contribution < -0.4 is 4.74 Å². The van der Waals surface area contributed by atoms with Gasteiger partial charge in [0.05, 0.1) is 12.6 Å². The van der Waals surface area contributed by atoms with Gasteiger partial charge in [-0.2, -0.15) is 0 Å². The molecule has 3 nitrogen and oxygen atoms in total. The predicted octanol–water partition coefficient (Wildman–Crippen LogP) is 2.36. The molecule has 0 unspecified atom stereocenters. The molecule has 2 aromatic rings. The Bertz CT molecular complexity index is 520. The van der Waals surface area contributed by atoms with Crippen molar-refractivity contribution in [3.05, 3.63) is 35.5 Å². The van der Waals surface area contributed by atoms with E-state index in [-0.39, 0.29) is 0 Å². The summed E-state index contributed by atoms with van der Waals surface area (Å²) >= 11 is 0. The largest absolute Gasteiger partial charge is 0.497 e. The highest BCUT2D eigenvalue weighted by molar-refractivity contribution is 5.90. The average molecular weight is 201 g/mol. The van der Waals surface area contributed by atoms with Crippen LogP contribution in [0.15, 0.2) is 24.4 Å². The van der Waals surface area contributed by atoms with Crippen molar-refractivity contribution in [2.75, 3.05) is 7.11 Å². The van der Waals surface area contributed by atoms with Gasteiger partial charge in [-0.1, -0.05) is 0 Å². The Morgan fingerprint density at radius 3 is 2.87 bits per heavy atom. The van der Waals surface area contributed by atoms with Crippen LogP contribution >= 0.6 is 0 Å². The maximum absolute atomic E-state index is 10.8. The number of rotatable bonds is 2. The molecule has 0 bridgehead atoms. The Labute approximate surface area is 87.7 Å². The molecule has 0 aliphatic carbocycles. The Kier molecular flexibility index (Phi) is 2.37. The maximum atomic E-state index is 10.8. The number of aryl methyl sites for hydroxylation is 1. The zero-order valence-corrected chi connectivity index (χ0v) is 8.65. The number of nitrogens with zero attached hydrogens (tertiary/aromatic N) is 1. The molecule has 15 heavy (non-hydrogen) atoms. The van der Waals surface area contributed by atoms with Crippen LogP contribution in [0, 0.1) is 6.92 Å². The van der Waals surface area contributed by atoms with Crippen molar-refractivity contribution in [1.29, 1.82) is 0 Å². The van der Waals surface area contributed by atoms with Gasteiger partial charge in [0.2, 0.25) is 0 Å². The van der Waals surface area contributed by atoms with E-state index in [0.717, 1.165) is 28.5 Å². The van der Waals surface area contributed by atoms with Crippen molar-refractivity contribution in [2.45, 2.75) is 6.92 Å². The normalized spacial score (nSPS) is 10.3. The van der Waals surface area contributed by atoms with Crippen molar-refractivity contribution < 1.29 is 9.53 Å². The van der Waals surface area contributed by atoms with Gasteiger partial charge in [-0.15, -0.1) is 0 Å². The molecule has 1 aromatic carbocycles. The molecule has 76 valence electrons. The first-order chi connectivity index (χ1) is 7.26. The number of carbonyl (C=O) groups is 1. The standard InChI is InChI=1S/C12H11NO2/c1-8-9(7-14)6-13-12-4-3-10(15-2)5-11(8)12/h3-7H,1-2H3. The molecule has 1 aromatic heterocycles. The number of benzene rings is 1. The molecule has 0 saturated carbocycles. The van der Waals surface area contributed by atoms with Gasteiger partial charge in [0.1, 0.15) is 5.75 Å². The fraction of sp³-hybridized carbons (Fsp3) is 0.167. The highest BCUT2D eigenvalue weighted by atomic mass is 16.5. The van der Waals surface area contributed by atoms with E-state index < -0.39 is 0 Å². The molecular weight excluding hydrogens is 190 g/mol. The first kappa shape index (κ1) is 9.65. The van der Waals surface area contributed by atoms with Crippen molar-refractivity contribution in [1.82, 2.24) is 4.98 Å². The van der Waals surface area contributed by atoms with Gasteiger partial charge in [-0.3, -0.25) is 9.78 Å². The second-order valence-electron chi connectivity index (χ2n) is 3.34.